The van der Waals surface area contributed by atoms with Crippen molar-refractivity contribution in [2.24, 2.45) is 0 Å². The molecule has 0 atom stereocenters. The van der Waals surface area contributed by atoms with Crippen molar-refractivity contribution in [3.63, 3.8) is 0 Å². The van der Waals surface area contributed by atoms with E-state index in [1.165, 1.54) is 0 Å². The molecular formula is C14H18ClN3S. The first-order valence-corrected chi connectivity index (χ1v) is 7.60. The maximum absolute atomic E-state index is 6.30. The summed E-state index contributed by atoms with van der Waals surface area (Å²) in [5.41, 5.74) is 9.99. The summed E-state index contributed by atoms with van der Waals surface area (Å²) in [4.78, 5) is 1.09. The van der Waals surface area contributed by atoms with E-state index in [0.29, 0.717) is 0 Å². The molecule has 2 aromatic rings. The maximum Gasteiger partial charge on any atom is 0.0855 e. The van der Waals surface area contributed by atoms with Crippen LogP contribution >= 0.6 is 23.4 Å². The van der Waals surface area contributed by atoms with Gasteiger partial charge in [0.15, 0.2) is 0 Å². The predicted octanol–water partition coefficient (Wildman–Crippen LogP) is 4.05. The average molecular weight is 296 g/mol. The van der Waals surface area contributed by atoms with E-state index in [0.717, 1.165) is 44.9 Å². The second-order valence-corrected chi connectivity index (χ2v) is 5.83. The quantitative estimate of drug-likeness (QED) is 0.683. The molecule has 0 amide bonds. The fourth-order valence-corrected chi connectivity index (χ4v) is 3.29. The summed E-state index contributed by atoms with van der Waals surface area (Å²) in [5.74, 6) is 0.779. The number of thioether (sulfide) groups is 1. The minimum atomic E-state index is 0.764. The lowest BCUT2D eigenvalue weighted by atomic mass is 10.2. The molecule has 1 aromatic carbocycles. The molecule has 0 aliphatic carbocycles. The highest BCUT2D eigenvalue weighted by molar-refractivity contribution is 7.98. The highest BCUT2D eigenvalue weighted by atomic mass is 35.5. The predicted molar refractivity (Wildman–Crippen MR) is 82.8 cm³/mol. The Labute approximate surface area is 123 Å². The number of benzene rings is 1. The Morgan fingerprint density at radius 1 is 1.37 bits per heavy atom. The Morgan fingerprint density at radius 2 is 2.11 bits per heavy atom. The second kappa shape index (κ2) is 5.88. The first-order valence-electron chi connectivity index (χ1n) is 6.24. The van der Waals surface area contributed by atoms with E-state index in [4.69, 9.17) is 17.3 Å². The van der Waals surface area contributed by atoms with Gasteiger partial charge < -0.3 is 5.73 Å². The number of nitrogens with zero attached hydrogens (tertiary/aromatic N) is 2. The summed E-state index contributed by atoms with van der Waals surface area (Å²) in [6.45, 7) is 6.85. The zero-order chi connectivity index (χ0) is 14.0. The Morgan fingerprint density at radius 3 is 2.79 bits per heavy atom. The van der Waals surface area contributed by atoms with Crippen molar-refractivity contribution < 1.29 is 0 Å². The molecule has 0 aliphatic rings. The molecule has 1 aromatic heterocycles. The van der Waals surface area contributed by atoms with Crippen LogP contribution in [0.5, 0.6) is 0 Å². The highest BCUT2D eigenvalue weighted by Crippen LogP contribution is 2.32. The van der Waals surface area contributed by atoms with Gasteiger partial charge in [0.25, 0.3) is 0 Å². The van der Waals surface area contributed by atoms with Crippen LogP contribution in [0.4, 0.5) is 5.69 Å². The summed E-state index contributed by atoms with van der Waals surface area (Å²) in [6, 6.07) is 6.09. The van der Waals surface area contributed by atoms with Crippen molar-refractivity contribution in [2.45, 2.75) is 38.0 Å². The summed E-state index contributed by atoms with van der Waals surface area (Å²) in [6.07, 6.45) is 0. The zero-order valence-electron chi connectivity index (χ0n) is 11.4. The SMILES string of the molecule is CCn1nc(C)c(Cl)c1CSc1cccc(C)c1N. The third kappa shape index (κ3) is 2.90. The lowest BCUT2D eigenvalue weighted by Gasteiger charge is -2.09. The molecule has 0 fully saturated rings. The summed E-state index contributed by atoms with van der Waals surface area (Å²) in [7, 11) is 0. The van der Waals surface area contributed by atoms with Gasteiger partial charge in [-0.25, -0.2) is 0 Å². The van der Waals surface area contributed by atoms with Crippen molar-refractivity contribution in [1.29, 1.82) is 0 Å². The van der Waals surface area contributed by atoms with Crippen molar-refractivity contribution in [2.75, 3.05) is 5.73 Å². The Bertz CT molecular complexity index is 593. The van der Waals surface area contributed by atoms with E-state index in [2.05, 4.69) is 12.0 Å². The number of aryl methyl sites for hydroxylation is 3. The van der Waals surface area contributed by atoms with E-state index in [1.54, 1.807) is 11.8 Å². The van der Waals surface area contributed by atoms with Crippen LogP contribution in [0, 0.1) is 13.8 Å². The number of hydrogen-bond donors (Lipinski definition) is 1. The first-order chi connectivity index (χ1) is 9.04. The molecule has 0 aliphatic heterocycles. The fraction of sp³-hybridized carbons (Fsp3) is 0.357. The lowest BCUT2D eigenvalue weighted by Crippen LogP contribution is -2.02. The molecule has 0 unspecified atom stereocenters. The third-order valence-corrected chi connectivity index (χ3v) is 4.68. The van der Waals surface area contributed by atoms with Gasteiger partial charge in [-0.05, 0) is 32.4 Å². The molecule has 2 rings (SSSR count). The lowest BCUT2D eigenvalue weighted by molar-refractivity contribution is 0.632. The van der Waals surface area contributed by atoms with Gasteiger partial charge in [0.05, 0.1) is 16.4 Å². The largest absolute Gasteiger partial charge is 0.398 e. The van der Waals surface area contributed by atoms with Crippen LogP contribution in [0.15, 0.2) is 23.1 Å². The standard InChI is InChI=1S/C14H18ClN3S/c1-4-18-11(13(15)10(3)17-18)8-19-12-7-5-6-9(2)14(12)16/h5-7H,4,8,16H2,1-3H3. The number of rotatable bonds is 4. The number of anilines is 1. The summed E-state index contributed by atoms with van der Waals surface area (Å²) < 4.78 is 1.96. The minimum absolute atomic E-state index is 0.764. The zero-order valence-corrected chi connectivity index (χ0v) is 13.0. The van der Waals surface area contributed by atoms with E-state index in [-0.39, 0.29) is 0 Å². The van der Waals surface area contributed by atoms with Crippen LogP contribution in [0.25, 0.3) is 0 Å². The smallest absolute Gasteiger partial charge is 0.0855 e. The molecule has 0 spiro atoms. The molecule has 102 valence electrons. The topological polar surface area (TPSA) is 43.8 Å². The highest BCUT2D eigenvalue weighted by Gasteiger charge is 2.13. The first kappa shape index (κ1) is 14.3. The van der Waals surface area contributed by atoms with Gasteiger partial charge in [0, 0.05) is 22.9 Å². The Balaban J connectivity index is 2.21. The number of para-hydroxylation sites is 1. The van der Waals surface area contributed by atoms with E-state index in [9.17, 15) is 0 Å². The molecular weight excluding hydrogens is 278 g/mol. The third-order valence-electron chi connectivity index (χ3n) is 3.10. The second-order valence-electron chi connectivity index (χ2n) is 4.44. The van der Waals surface area contributed by atoms with E-state index >= 15 is 0 Å². The number of nitrogen functional groups attached to an aromatic ring is 1. The van der Waals surface area contributed by atoms with Gasteiger partial charge in [-0.2, -0.15) is 5.10 Å². The Hall–Kier alpha value is -1.13. The number of hydrogen-bond acceptors (Lipinski definition) is 3. The van der Waals surface area contributed by atoms with Crippen LogP contribution in [-0.4, -0.2) is 9.78 Å². The van der Waals surface area contributed by atoms with Gasteiger partial charge in [-0.15, -0.1) is 11.8 Å². The molecule has 0 saturated carbocycles. The minimum Gasteiger partial charge on any atom is -0.398 e. The van der Waals surface area contributed by atoms with Gasteiger partial charge in [0.1, 0.15) is 0 Å². The monoisotopic (exact) mass is 295 g/mol. The van der Waals surface area contributed by atoms with Gasteiger partial charge in [-0.1, -0.05) is 23.7 Å². The molecule has 0 saturated heterocycles. The van der Waals surface area contributed by atoms with Crippen LogP contribution in [-0.2, 0) is 12.3 Å². The molecule has 5 heteroatoms. The molecule has 19 heavy (non-hydrogen) atoms. The van der Waals surface area contributed by atoms with Gasteiger partial charge >= 0.3 is 0 Å². The van der Waals surface area contributed by atoms with Gasteiger partial charge in [0.2, 0.25) is 0 Å². The average Bonchev–Trinajstić information content (AvgIpc) is 2.67. The van der Waals surface area contributed by atoms with Crippen LogP contribution in [0.2, 0.25) is 5.02 Å². The van der Waals surface area contributed by atoms with Crippen molar-refractivity contribution in [1.82, 2.24) is 9.78 Å². The molecule has 0 bridgehead atoms. The van der Waals surface area contributed by atoms with Crippen molar-refractivity contribution >= 4 is 29.1 Å². The maximum atomic E-state index is 6.30. The van der Waals surface area contributed by atoms with Crippen LogP contribution < -0.4 is 5.73 Å². The number of nitrogens with two attached hydrogens (primary N) is 1. The Kier molecular flexibility index (Phi) is 4.42. The van der Waals surface area contributed by atoms with Crippen LogP contribution in [0.3, 0.4) is 0 Å². The van der Waals surface area contributed by atoms with Crippen molar-refractivity contribution in [3.8, 4) is 0 Å². The number of aromatic nitrogens is 2. The van der Waals surface area contributed by atoms with Crippen molar-refractivity contribution in [3.05, 3.63) is 40.2 Å². The number of halogens is 1. The fourth-order valence-electron chi connectivity index (χ4n) is 1.93. The summed E-state index contributed by atoms with van der Waals surface area (Å²) in [5, 5.41) is 5.19. The molecule has 1 heterocycles. The molecule has 2 N–H and O–H groups in total. The molecule has 3 nitrogen and oxygen atoms in total. The van der Waals surface area contributed by atoms with E-state index < -0.39 is 0 Å². The normalized spacial score (nSPS) is 10.9. The van der Waals surface area contributed by atoms with E-state index in [1.807, 2.05) is 36.7 Å². The van der Waals surface area contributed by atoms with Gasteiger partial charge in [-0.3, -0.25) is 4.68 Å². The molecule has 0 radical (unpaired) electrons. The van der Waals surface area contributed by atoms with Crippen LogP contribution in [0.1, 0.15) is 23.9 Å². The summed E-state index contributed by atoms with van der Waals surface area (Å²) >= 11 is 8.00.